The number of amides is 3. The third-order valence-electron chi connectivity index (χ3n) is 5.52. The van der Waals surface area contributed by atoms with Crippen molar-refractivity contribution in [3.8, 4) is 0 Å². The van der Waals surface area contributed by atoms with Gasteiger partial charge in [-0.15, -0.1) is 0 Å². The maximum absolute atomic E-state index is 13.6. The normalized spacial score (nSPS) is 15.0. The second-order valence-electron chi connectivity index (χ2n) is 9.21. The van der Waals surface area contributed by atoms with Gasteiger partial charge in [0.05, 0.1) is 6.54 Å². The van der Waals surface area contributed by atoms with Crippen LogP contribution in [0.5, 0.6) is 0 Å². The lowest BCUT2D eigenvalue weighted by molar-refractivity contribution is -0.130. The van der Waals surface area contributed by atoms with E-state index in [2.05, 4.69) is 17.6 Å². The summed E-state index contributed by atoms with van der Waals surface area (Å²) in [6.07, 6.45) is 3.91. The van der Waals surface area contributed by atoms with Crippen LogP contribution < -0.4 is 16.4 Å². The SMILES string of the molecule is CCC1CCOCC1.Cc1c(F)cccc1C(=N)C(=O)NC(C(=O)NCC(N)=O)C(C)(C)C. The van der Waals surface area contributed by atoms with E-state index < -0.39 is 40.7 Å². The van der Waals surface area contributed by atoms with Gasteiger partial charge >= 0.3 is 0 Å². The molecule has 3 amide bonds. The molecule has 5 N–H and O–H groups in total. The van der Waals surface area contributed by atoms with Gasteiger partial charge in [0.15, 0.2) is 0 Å². The van der Waals surface area contributed by atoms with E-state index in [4.69, 9.17) is 15.9 Å². The molecule has 1 heterocycles. The van der Waals surface area contributed by atoms with Gasteiger partial charge in [-0.25, -0.2) is 4.39 Å². The first-order chi connectivity index (χ1) is 15.4. The summed E-state index contributed by atoms with van der Waals surface area (Å²) >= 11 is 0. The number of carbonyl (C=O) groups is 3. The summed E-state index contributed by atoms with van der Waals surface area (Å²) in [5, 5.41) is 12.8. The van der Waals surface area contributed by atoms with Crippen LogP contribution in [0.2, 0.25) is 0 Å². The summed E-state index contributed by atoms with van der Waals surface area (Å²) in [4.78, 5) is 35.4. The van der Waals surface area contributed by atoms with Crippen LogP contribution in [0.25, 0.3) is 0 Å². The maximum atomic E-state index is 13.6. The van der Waals surface area contributed by atoms with E-state index in [0.717, 1.165) is 19.1 Å². The van der Waals surface area contributed by atoms with E-state index >= 15 is 0 Å². The molecule has 0 aliphatic carbocycles. The molecule has 1 unspecified atom stereocenters. The van der Waals surface area contributed by atoms with Gasteiger partial charge in [0, 0.05) is 18.8 Å². The van der Waals surface area contributed by atoms with E-state index in [-0.39, 0.29) is 17.7 Å². The van der Waals surface area contributed by atoms with Crippen LogP contribution in [0.3, 0.4) is 0 Å². The number of carbonyl (C=O) groups excluding carboxylic acids is 3. The highest BCUT2D eigenvalue weighted by molar-refractivity contribution is 6.44. The molecule has 33 heavy (non-hydrogen) atoms. The average molecular weight is 465 g/mol. The van der Waals surface area contributed by atoms with Crippen molar-refractivity contribution in [2.45, 2.75) is 59.9 Å². The van der Waals surface area contributed by atoms with Crippen molar-refractivity contribution in [3.05, 3.63) is 35.1 Å². The Balaban J connectivity index is 0.000000568. The lowest BCUT2D eigenvalue weighted by atomic mass is 9.85. The highest BCUT2D eigenvalue weighted by Crippen LogP contribution is 2.20. The van der Waals surface area contributed by atoms with Crippen LogP contribution in [0.4, 0.5) is 4.39 Å². The van der Waals surface area contributed by atoms with Crippen molar-refractivity contribution in [1.82, 2.24) is 10.6 Å². The smallest absolute Gasteiger partial charge is 0.270 e. The van der Waals surface area contributed by atoms with E-state index in [0.29, 0.717) is 0 Å². The molecule has 1 saturated heterocycles. The summed E-state index contributed by atoms with van der Waals surface area (Å²) in [5.74, 6) is -1.69. The Morgan fingerprint density at radius 2 is 1.85 bits per heavy atom. The topological polar surface area (TPSA) is 134 Å². The predicted octanol–water partition coefficient (Wildman–Crippen LogP) is 2.46. The summed E-state index contributed by atoms with van der Waals surface area (Å²) in [5.41, 5.74) is 4.18. The molecule has 0 saturated carbocycles. The number of halogens is 1. The molecular formula is C24H37FN4O4. The molecule has 1 aromatic rings. The van der Waals surface area contributed by atoms with E-state index in [9.17, 15) is 18.8 Å². The zero-order valence-corrected chi connectivity index (χ0v) is 20.2. The third-order valence-corrected chi connectivity index (χ3v) is 5.52. The number of nitrogens with one attached hydrogen (secondary N) is 3. The van der Waals surface area contributed by atoms with Gasteiger partial charge in [0.1, 0.15) is 17.6 Å². The zero-order chi connectivity index (χ0) is 25.2. The Hall–Kier alpha value is -2.81. The Bertz CT molecular complexity index is 845. The Kier molecular flexibility index (Phi) is 11.1. The van der Waals surface area contributed by atoms with E-state index in [1.54, 1.807) is 20.8 Å². The molecule has 1 atom stereocenters. The minimum Gasteiger partial charge on any atom is -0.381 e. The monoisotopic (exact) mass is 464 g/mol. The largest absolute Gasteiger partial charge is 0.381 e. The van der Waals surface area contributed by atoms with Gasteiger partial charge in [-0.05, 0) is 42.7 Å². The number of nitrogens with two attached hydrogens (primary N) is 1. The van der Waals surface area contributed by atoms with Crippen LogP contribution in [0, 0.1) is 29.5 Å². The first-order valence-corrected chi connectivity index (χ1v) is 11.2. The Morgan fingerprint density at radius 1 is 1.24 bits per heavy atom. The van der Waals surface area contributed by atoms with Crippen LogP contribution in [0.1, 0.15) is 58.1 Å². The Morgan fingerprint density at radius 3 is 2.33 bits per heavy atom. The summed E-state index contributed by atoms with van der Waals surface area (Å²) in [6.45, 7) is 10.5. The number of hydrogen-bond donors (Lipinski definition) is 4. The lowest BCUT2D eigenvalue weighted by Gasteiger charge is -2.30. The number of primary amides is 1. The minimum absolute atomic E-state index is 0.141. The Labute approximate surface area is 195 Å². The molecule has 1 aliphatic heterocycles. The molecule has 2 rings (SSSR count). The van der Waals surface area contributed by atoms with Crippen molar-refractivity contribution in [3.63, 3.8) is 0 Å². The summed E-state index contributed by atoms with van der Waals surface area (Å²) in [6, 6.07) is 3.09. The lowest BCUT2D eigenvalue weighted by Crippen LogP contribution is -2.55. The van der Waals surface area contributed by atoms with Gasteiger partial charge in [-0.3, -0.25) is 19.8 Å². The molecule has 0 radical (unpaired) electrons. The molecule has 1 fully saturated rings. The van der Waals surface area contributed by atoms with Gasteiger partial charge in [-0.1, -0.05) is 46.2 Å². The number of hydrogen-bond acceptors (Lipinski definition) is 5. The van der Waals surface area contributed by atoms with Gasteiger partial charge in [0.2, 0.25) is 11.8 Å². The number of ether oxygens (including phenoxy) is 1. The molecule has 0 bridgehead atoms. The van der Waals surface area contributed by atoms with Crippen molar-refractivity contribution in [2.75, 3.05) is 19.8 Å². The molecule has 1 aromatic carbocycles. The zero-order valence-electron chi connectivity index (χ0n) is 20.2. The molecule has 9 heteroatoms. The first kappa shape index (κ1) is 28.2. The second-order valence-corrected chi connectivity index (χ2v) is 9.21. The molecule has 0 spiro atoms. The fourth-order valence-corrected chi connectivity index (χ4v) is 3.31. The minimum atomic E-state index is -1.01. The van der Waals surface area contributed by atoms with E-state index in [1.807, 2.05) is 0 Å². The highest BCUT2D eigenvalue weighted by Gasteiger charge is 2.34. The highest BCUT2D eigenvalue weighted by atomic mass is 19.1. The maximum Gasteiger partial charge on any atom is 0.270 e. The van der Waals surface area contributed by atoms with Gasteiger partial charge < -0.3 is 21.1 Å². The van der Waals surface area contributed by atoms with Crippen LogP contribution in [-0.2, 0) is 19.1 Å². The van der Waals surface area contributed by atoms with Crippen LogP contribution in [0.15, 0.2) is 18.2 Å². The molecule has 0 aromatic heterocycles. The number of benzene rings is 1. The van der Waals surface area contributed by atoms with Crippen molar-refractivity contribution < 1.29 is 23.5 Å². The summed E-state index contributed by atoms with van der Waals surface area (Å²) < 4.78 is 18.8. The van der Waals surface area contributed by atoms with Gasteiger partial charge in [-0.2, -0.15) is 0 Å². The fourth-order valence-electron chi connectivity index (χ4n) is 3.31. The molecule has 1 aliphatic rings. The number of rotatable bonds is 7. The van der Waals surface area contributed by atoms with Crippen molar-refractivity contribution in [2.24, 2.45) is 17.1 Å². The fraction of sp³-hybridized carbons (Fsp3) is 0.583. The van der Waals surface area contributed by atoms with Crippen LogP contribution >= 0.6 is 0 Å². The molecule has 184 valence electrons. The molecule has 8 nitrogen and oxygen atoms in total. The quantitative estimate of drug-likeness (QED) is 0.461. The standard InChI is InChI=1S/C17H23FN4O3.C7H14O/c1-9-10(6-5-7-11(9)18)13(20)15(24)22-14(17(2,3)4)16(25)21-8-12(19)23;1-2-7-3-5-8-6-4-7/h5-7,14,20H,8H2,1-4H3,(H2,19,23)(H,21,25)(H,22,24);7H,2-6H2,1H3. The predicted molar refractivity (Wildman–Crippen MR) is 125 cm³/mol. The van der Waals surface area contributed by atoms with Crippen molar-refractivity contribution in [1.29, 1.82) is 5.41 Å². The summed E-state index contributed by atoms with van der Waals surface area (Å²) in [7, 11) is 0. The third kappa shape index (κ3) is 9.29. The first-order valence-electron chi connectivity index (χ1n) is 11.2. The second kappa shape index (κ2) is 13.0. The molecular weight excluding hydrogens is 427 g/mol. The van der Waals surface area contributed by atoms with Gasteiger partial charge in [0.25, 0.3) is 5.91 Å². The van der Waals surface area contributed by atoms with Crippen LogP contribution in [-0.4, -0.2) is 49.2 Å². The van der Waals surface area contributed by atoms with Crippen molar-refractivity contribution >= 4 is 23.4 Å². The van der Waals surface area contributed by atoms with E-state index in [1.165, 1.54) is 44.4 Å². The average Bonchev–Trinajstić information content (AvgIpc) is 2.77.